The molecule has 2 aromatic carbocycles. The summed E-state index contributed by atoms with van der Waals surface area (Å²) in [4.78, 5) is 20.3. The second-order valence-electron chi connectivity index (χ2n) is 5.80. The topological polar surface area (TPSA) is 60.4 Å². The molecule has 0 aliphatic carbocycles. The van der Waals surface area contributed by atoms with E-state index in [-0.39, 0.29) is 16.9 Å². The third-order valence-corrected chi connectivity index (χ3v) is 4.27. The summed E-state index contributed by atoms with van der Waals surface area (Å²) in [6.45, 7) is 0. The predicted octanol–water partition coefficient (Wildman–Crippen LogP) is 4.16. The van der Waals surface area contributed by atoms with Crippen molar-refractivity contribution in [2.45, 2.75) is 6.18 Å². The molecule has 0 spiro atoms. The summed E-state index contributed by atoms with van der Waals surface area (Å²) >= 11 is 0. The first kappa shape index (κ1) is 14.9. The van der Waals surface area contributed by atoms with Crippen LogP contribution >= 0.6 is 0 Å². The molecule has 0 saturated heterocycles. The number of para-hydroxylation sites is 3. The molecule has 5 nitrogen and oxygen atoms in total. The summed E-state index contributed by atoms with van der Waals surface area (Å²) in [5.74, 6) is -0.123. The second-order valence-corrected chi connectivity index (χ2v) is 5.80. The number of imidazole rings is 1. The van der Waals surface area contributed by atoms with E-state index in [1.165, 1.54) is 10.5 Å². The van der Waals surface area contributed by atoms with Crippen LogP contribution in [0, 0.1) is 0 Å². The van der Waals surface area contributed by atoms with Crippen molar-refractivity contribution < 1.29 is 17.6 Å². The minimum atomic E-state index is -4.82. The number of rotatable bonds is 0. The van der Waals surface area contributed by atoms with Crippen molar-refractivity contribution in [3.05, 3.63) is 64.6 Å². The van der Waals surface area contributed by atoms with Crippen LogP contribution in [0.25, 0.3) is 38.7 Å². The average molecular weight is 355 g/mol. The number of hydrogen-bond donors (Lipinski definition) is 0. The van der Waals surface area contributed by atoms with Crippen LogP contribution in [0.2, 0.25) is 0 Å². The van der Waals surface area contributed by atoms with E-state index in [0.29, 0.717) is 16.4 Å². The zero-order chi connectivity index (χ0) is 18.1. The number of halogens is 3. The largest absolute Gasteiger partial charge is 0.434 e. The van der Waals surface area contributed by atoms with Gasteiger partial charge in [0, 0.05) is 5.39 Å². The molecule has 0 aliphatic heterocycles. The molecule has 26 heavy (non-hydrogen) atoms. The van der Waals surface area contributed by atoms with Crippen LogP contribution in [0.15, 0.2) is 57.7 Å². The summed E-state index contributed by atoms with van der Waals surface area (Å²) < 4.78 is 47.4. The van der Waals surface area contributed by atoms with Crippen LogP contribution in [0.3, 0.4) is 0 Å². The zero-order valence-corrected chi connectivity index (χ0v) is 12.9. The van der Waals surface area contributed by atoms with Gasteiger partial charge in [0.2, 0.25) is 5.78 Å². The molecule has 0 atom stereocenters. The molecule has 8 heteroatoms. The smallest absolute Gasteiger partial charge is 0.422 e. The number of aromatic nitrogens is 3. The van der Waals surface area contributed by atoms with Crippen LogP contribution < -0.4 is 5.63 Å². The maximum Gasteiger partial charge on any atom is 0.434 e. The molecule has 128 valence electrons. The van der Waals surface area contributed by atoms with Gasteiger partial charge in [-0.2, -0.15) is 13.2 Å². The van der Waals surface area contributed by atoms with E-state index < -0.39 is 22.9 Å². The Hall–Kier alpha value is -3.42. The Morgan fingerprint density at radius 2 is 1.69 bits per heavy atom. The highest BCUT2D eigenvalue weighted by atomic mass is 19.4. The van der Waals surface area contributed by atoms with Crippen molar-refractivity contribution in [2.75, 3.05) is 0 Å². The van der Waals surface area contributed by atoms with E-state index in [2.05, 4.69) is 9.97 Å². The lowest BCUT2D eigenvalue weighted by molar-refractivity contribution is -0.139. The Kier molecular flexibility index (Phi) is 2.75. The van der Waals surface area contributed by atoms with Crippen molar-refractivity contribution in [3.63, 3.8) is 0 Å². The molecular weight excluding hydrogens is 347 g/mol. The number of alkyl halides is 3. The number of hydrogen-bond acceptors (Lipinski definition) is 4. The molecule has 0 unspecified atom stereocenters. The van der Waals surface area contributed by atoms with E-state index in [9.17, 15) is 18.0 Å². The van der Waals surface area contributed by atoms with Gasteiger partial charge in [0.25, 0.3) is 0 Å². The van der Waals surface area contributed by atoms with Crippen molar-refractivity contribution >= 4 is 38.7 Å². The van der Waals surface area contributed by atoms with E-state index >= 15 is 0 Å². The van der Waals surface area contributed by atoms with Gasteiger partial charge in [0.1, 0.15) is 11.0 Å². The van der Waals surface area contributed by atoms with Gasteiger partial charge in [-0.25, -0.2) is 14.8 Å². The van der Waals surface area contributed by atoms with E-state index in [0.717, 1.165) is 0 Å². The van der Waals surface area contributed by atoms with Gasteiger partial charge >= 0.3 is 11.8 Å². The summed E-state index contributed by atoms with van der Waals surface area (Å²) in [5, 5.41) is -0.227. The van der Waals surface area contributed by atoms with Gasteiger partial charge in [0.05, 0.1) is 16.6 Å². The molecule has 0 radical (unpaired) electrons. The molecule has 3 heterocycles. The molecule has 0 amide bonds. The SMILES string of the molecule is O=c1oc2ccccc2c2c1c(C(F)(F)F)nc1nc3ccccc3n12. The quantitative estimate of drug-likeness (QED) is 0.309. The minimum Gasteiger partial charge on any atom is -0.422 e. The standard InChI is InChI=1S/C18H8F3N3O2/c19-18(20,21)15-13-14(9-5-1-4-8-12(9)26-16(13)25)24-11-7-3-2-6-10(11)22-17(24)23-15/h1-8H. The van der Waals surface area contributed by atoms with E-state index in [4.69, 9.17) is 4.42 Å². The Morgan fingerprint density at radius 1 is 0.962 bits per heavy atom. The summed E-state index contributed by atoms with van der Waals surface area (Å²) in [6, 6.07) is 13.3. The first-order chi connectivity index (χ1) is 12.4. The molecule has 0 bridgehead atoms. The van der Waals surface area contributed by atoms with Crippen LogP contribution in [0.4, 0.5) is 13.2 Å². The van der Waals surface area contributed by atoms with Gasteiger partial charge in [0.15, 0.2) is 5.69 Å². The van der Waals surface area contributed by atoms with Crippen molar-refractivity contribution in [3.8, 4) is 0 Å². The minimum absolute atomic E-state index is 0.0860. The van der Waals surface area contributed by atoms with Crippen LogP contribution in [-0.2, 0) is 6.18 Å². The van der Waals surface area contributed by atoms with Crippen molar-refractivity contribution in [1.82, 2.24) is 14.4 Å². The highest BCUT2D eigenvalue weighted by Gasteiger charge is 2.38. The number of benzene rings is 2. The van der Waals surface area contributed by atoms with E-state index in [1.54, 1.807) is 42.5 Å². The van der Waals surface area contributed by atoms with E-state index in [1.807, 2.05) is 0 Å². The van der Waals surface area contributed by atoms with Gasteiger partial charge in [-0.1, -0.05) is 24.3 Å². The van der Waals surface area contributed by atoms with Gasteiger partial charge < -0.3 is 4.42 Å². The molecule has 5 aromatic rings. The lowest BCUT2D eigenvalue weighted by Crippen LogP contribution is -2.16. The van der Waals surface area contributed by atoms with Gasteiger partial charge in [-0.05, 0) is 24.3 Å². The highest BCUT2D eigenvalue weighted by molar-refractivity contribution is 6.05. The Bertz CT molecular complexity index is 1400. The second kappa shape index (κ2) is 4.81. The zero-order valence-electron chi connectivity index (χ0n) is 12.9. The molecular formula is C18H8F3N3O2. The molecule has 0 saturated carbocycles. The lowest BCUT2D eigenvalue weighted by atomic mass is 10.1. The molecule has 0 aliphatic rings. The third kappa shape index (κ3) is 1.89. The molecule has 3 aromatic heterocycles. The maximum absolute atomic E-state index is 13.6. The fraction of sp³-hybridized carbons (Fsp3) is 0.0556. The van der Waals surface area contributed by atoms with Crippen LogP contribution in [0.1, 0.15) is 5.69 Å². The summed E-state index contributed by atoms with van der Waals surface area (Å²) in [6.07, 6.45) is -4.82. The van der Waals surface area contributed by atoms with Gasteiger partial charge in [-0.15, -0.1) is 0 Å². The lowest BCUT2D eigenvalue weighted by Gasteiger charge is -2.12. The number of fused-ring (bicyclic) bond motifs is 7. The van der Waals surface area contributed by atoms with Crippen LogP contribution in [0.5, 0.6) is 0 Å². The Balaban J connectivity index is 2.22. The number of nitrogens with zero attached hydrogens (tertiary/aromatic N) is 3. The van der Waals surface area contributed by atoms with Gasteiger partial charge in [-0.3, -0.25) is 4.40 Å². The normalized spacial score (nSPS) is 12.6. The molecule has 0 fully saturated rings. The first-order valence-electron chi connectivity index (χ1n) is 7.65. The fourth-order valence-corrected chi connectivity index (χ4v) is 3.24. The predicted molar refractivity (Wildman–Crippen MR) is 89.0 cm³/mol. The van der Waals surface area contributed by atoms with Crippen molar-refractivity contribution in [1.29, 1.82) is 0 Å². The Morgan fingerprint density at radius 3 is 2.50 bits per heavy atom. The highest BCUT2D eigenvalue weighted by Crippen LogP contribution is 2.35. The summed E-state index contributed by atoms with van der Waals surface area (Å²) in [5.41, 5.74) is -1.05. The first-order valence-corrected chi connectivity index (χ1v) is 7.65. The molecule has 5 rings (SSSR count). The van der Waals surface area contributed by atoms with Crippen LogP contribution in [-0.4, -0.2) is 14.4 Å². The fourth-order valence-electron chi connectivity index (χ4n) is 3.24. The molecule has 0 N–H and O–H groups in total. The monoisotopic (exact) mass is 355 g/mol. The maximum atomic E-state index is 13.6. The third-order valence-electron chi connectivity index (χ3n) is 4.27. The summed E-state index contributed by atoms with van der Waals surface area (Å²) in [7, 11) is 0. The van der Waals surface area contributed by atoms with Crippen molar-refractivity contribution in [2.24, 2.45) is 0 Å². The Labute approximate surface area is 142 Å². The average Bonchev–Trinajstić information content (AvgIpc) is 2.98.